The van der Waals surface area contributed by atoms with Crippen molar-refractivity contribution in [3.63, 3.8) is 0 Å². The van der Waals surface area contributed by atoms with E-state index in [-0.39, 0.29) is 11.2 Å². The zero-order valence-electron chi connectivity index (χ0n) is 16.8. The molecule has 0 radical (unpaired) electrons. The van der Waals surface area contributed by atoms with Crippen LogP contribution in [0.3, 0.4) is 0 Å². The van der Waals surface area contributed by atoms with Gasteiger partial charge in [-0.25, -0.2) is 14.2 Å². The van der Waals surface area contributed by atoms with Crippen molar-refractivity contribution in [2.75, 3.05) is 7.11 Å². The van der Waals surface area contributed by atoms with E-state index in [4.69, 9.17) is 4.74 Å². The lowest BCUT2D eigenvalue weighted by Gasteiger charge is -2.13. The first kappa shape index (κ1) is 18.7. The van der Waals surface area contributed by atoms with Crippen LogP contribution in [0.5, 0.6) is 0 Å². The molecule has 29 heavy (non-hydrogen) atoms. The summed E-state index contributed by atoms with van der Waals surface area (Å²) in [4.78, 5) is 42.6. The van der Waals surface area contributed by atoms with E-state index in [9.17, 15) is 14.4 Å². The summed E-state index contributed by atoms with van der Waals surface area (Å²) in [5.74, 6) is -0.152. The van der Waals surface area contributed by atoms with Crippen molar-refractivity contribution >= 4 is 22.9 Å². The predicted molar refractivity (Wildman–Crippen MR) is 108 cm³/mol. The van der Waals surface area contributed by atoms with Crippen LogP contribution in [0.1, 0.15) is 24.2 Å². The quantitative estimate of drug-likeness (QED) is 0.490. The van der Waals surface area contributed by atoms with Crippen molar-refractivity contribution in [3.05, 3.63) is 62.6 Å². The molecule has 9 nitrogen and oxygen atoms in total. The summed E-state index contributed by atoms with van der Waals surface area (Å²) < 4.78 is 10.5. The van der Waals surface area contributed by atoms with Gasteiger partial charge < -0.3 is 4.74 Å². The molecular formula is C20H21N5O4. The Morgan fingerprint density at radius 1 is 1.17 bits per heavy atom. The van der Waals surface area contributed by atoms with Crippen LogP contribution < -0.4 is 11.2 Å². The third-order valence-electron chi connectivity index (χ3n) is 5.26. The van der Waals surface area contributed by atoms with Crippen LogP contribution in [0, 0.1) is 13.8 Å². The van der Waals surface area contributed by atoms with Crippen molar-refractivity contribution in [2.45, 2.75) is 26.8 Å². The zero-order valence-corrected chi connectivity index (χ0v) is 16.8. The van der Waals surface area contributed by atoms with Gasteiger partial charge in [-0.15, -0.1) is 0 Å². The second kappa shape index (κ2) is 6.47. The highest BCUT2D eigenvalue weighted by atomic mass is 16.5. The molecule has 1 aromatic carbocycles. The SMILES string of the molecule is COC(=O)C(C)n1c(=O)c2c(nc3n(-c4ccccc4C)c(C)cn23)n(C)c1=O. The number of methoxy groups -OCH3 is 1. The van der Waals surface area contributed by atoms with E-state index < -0.39 is 23.3 Å². The Morgan fingerprint density at radius 3 is 2.52 bits per heavy atom. The molecule has 0 fully saturated rings. The monoisotopic (exact) mass is 395 g/mol. The first-order chi connectivity index (χ1) is 13.8. The number of carbonyl (C=O) groups is 1. The summed E-state index contributed by atoms with van der Waals surface area (Å²) in [7, 11) is 2.75. The molecule has 0 bridgehead atoms. The van der Waals surface area contributed by atoms with Gasteiger partial charge in [0.2, 0.25) is 5.78 Å². The maximum Gasteiger partial charge on any atom is 0.333 e. The maximum atomic E-state index is 13.2. The lowest BCUT2D eigenvalue weighted by atomic mass is 10.2. The number of para-hydroxylation sites is 1. The van der Waals surface area contributed by atoms with E-state index in [1.807, 2.05) is 42.7 Å². The number of rotatable bonds is 3. The highest BCUT2D eigenvalue weighted by Crippen LogP contribution is 2.23. The fourth-order valence-electron chi connectivity index (χ4n) is 3.71. The van der Waals surface area contributed by atoms with Crippen molar-refractivity contribution in [2.24, 2.45) is 7.05 Å². The van der Waals surface area contributed by atoms with Crippen LogP contribution in [0.4, 0.5) is 0 Å². The average molecular weight is 395 g/mol. The Hall–Kier alpha value is -3.62. The molecule has 0 saturated heterocycles. The van der Waals surface area contributed by atoms with Crippen molar-refractivity contribution < 1.29 is 9.53 Å². The van der Waals surface area contributed by atoms with E-state index in [0.717, 1.165) is 21.5 Å². The predicted octanol–water partition coefficient (Wildman–Crippen LogP) is 1.49. The molecule has 0 aliphatic heterocycles. The van der Waals surface area contributed by atoms with Crippen molar-refractivity contribution in [1.29, 1.82) is 0 Å². The fraction of sp³-hybridized carbons (Fsp3) is 0.300. The maximum absolute atomic E-state index is 13.2. The average Bonchev–Trinajstić information content (AvgIpc) is 3.21. The second-order valence-electron chi connectivity index (χ2n) is 7.06. The van der Waals surface area contributed by atoms with Gasteiger partial charge in [0, 0.05) is 18.9 Å². The van der Waals surface area contributed by atoms with E-state index in [1.54, 1.807) is 10.6 Å². The second-order valence-corrected chi connectivity index (χ2v) is 7.06. The molecule has 1 unspecified atom stereocenters. The van der Waals surface area contributed by atoms with Crippen LogP contribution in [-0.2, 0) is 16.6 Å². The van der Waals surface area contributed by atoms with Crippen molar-refractivity contribution in [1.82, 2.24) is 23.1 Å². The minimum absolute atomic E-state index is 0.230. The number of esters is 1. The smallest absolute Gasteiger partial charge is 0.333 e. The largest absolute Gasteiger partial charge is 0.467 e. The van der Waals surface area contributed by atoms with E-state index >= 15 is 0 Å². The van der Waals surface area contributed by atoms with Crippen LogP contribution in [0.25, 0.3) is 22.6 Å². The highest BCUT2D eigenvalue weighted by molar-refractivity contribution is 5.78. The number of aromatic nitrogens is 5. The highest BCUT2D eigenvalue weighted by Gasteiger charge is 2.26. The Bertz CT molecular complexity index is 1400. The van der Waals surface area contributed by atoms with Gasteiger partial charge >= 0.3 is 11.7 Å². The fourth-order valence-corrected chi connectivity index (χ4v) is 3.71. The number of hydrogen-bond acceptors (Lipinski definition) is 5. The molecule has 0 amide bonds. The molecule has 0 N–H and O–H groups in total. The molecule has 9 heteroatoms. The molecule has 3 aromatic heterocycles. The number of aryl methyl sites for hydroxylation is 3. The number of fused-ring (bicyclic) bond motifs is 3. The van der Waals surface area contributed by atoms with Crippen LogP contribution >= 0.6 is 0 Å². The summed E-state index contributed by atoms with van der Waals surface area (Å²) in [6.45, 7) is 5.38. The third-order valence-corrected chi connectivity index (χ3v) is 5.26. The first-order valence-electron chi connectivity index (χ1n) is 9.13. The summed E-state index contributed by atoms with van der Waals surface area (Å²) in [6.07, 6.45) is 1.80. The van der Waals surface area contributed by atoms with Gasteiger partial charge in [0.15, 0.2) is 11.2 Å². The molecule has 1 atom stereocenters. The minimum Gasteiger partial charge on any atom is -0.467 e. The van der Waals surface area contributed by atoms with Crippen LogP contribution in [0.15, 0.2) is 40.1 Å². The summed E-state index contributed by atoms with van der Waals surface area (Å²) in [5.41, 5.74) is 2.13. The number of nitrogens with zero attached hydrogens (tertiary/aromatic N) is 5. The molecule has 3 heterocycles. The molecule has 0 spiro atoms. The van der Waals surface area contributed by atoms with E-state index in [1.165, 1.54) is 25.6 Å². The minimum atomic E-state index is -1.05. The first-order valence-corrected chi connectivity index (χ1v) is 9.13. The van der Waals surface area contributed by atoms with Crippen LogP contribution in [-0.4, -0.2) is 36.2 Å². The van der Waals surface area contributed by atoms with Gasteiger partial charge in [-0.2, -0.15) is 4.98 Å². The Balaban J connectivity index is 2.14. The van der Waals surface area contributed by atoms with Gasteiger partial charge in [0.25, 0.3) is 5.56 Å². The number of ether oxygens (including phenoxy) is 1. The standard InChI is InChI=1S/C20H21N5O4/c1-11-8-6-7-9-14(11)24-12(2)10-23-15-16(21-19(23)24)22(4)20(28)25(17(15)26)13(3)18(27)29-5/h6-10,13H,1-5H3. The zero-order chi connectivity index (χ0) is 21.0. The molecule has 4 aromatic rings. The van der Waals surface area contributed by atoms with Gasteiger partial charge in [0.05, 0.1) is 12.8 Å². The van der Waals surface area contributed by atoms with Crippen LogP contribution in [0.2, 0.25) is 0 Å². The molecule has 4 rings (SSSR count). The molecular weight excluding hydrogens is 374 g/mol. The Kier molecular flexibility index (Phi) is 4.18. The number of carbonyl (C=O) groups excluding carboxylic acids is 1. The summed E-state index contributed by atoms with van der Waals surface area (Å²) in [6, 6.07) is 6.79. The van der Waals surface area contributed by atoms with E-state index in [2.05, 4.69) is 4.98 Å². The lowest BCUT2D eigenvalue weighted by Crippen LogP contribution is -2.43. The van der Waals surface area contributed by atoms with Crippen molar-refractivity contribution in [3.8, 4) is 5.69 Å². The summed E-state index contributed by atoms with van der Waals surface area (Å²) >= 11 is 0. The lowest BCUT2D eigenvalue weighted by molar-refractivity contribution is -0.144. The van der Waals surface area contributed by atoms with E-state index in [0.29, 0.717) is 5.78 Å². The Labute approximate surface area is 165 Å². The normalized spacial score (nSPS) is 12.6. The number of hydrogen-bond donors (Lipinski definition) is 0. The van der Waals surface area contributed by atoms with Gasteiger partial charge in [-0.1, -0.05) is 18.2 Å². The van der Waals surface area contributed by atoms with Gasteiger partial charge in [-0.3, -0.25) is 18.3 Å². The molecule has 150 valence electrons. The van der Waals surface area contributed by atoms with Gasteiger partial charge in [-0.05, 0) is 32.4 Å². The van der Waals surface area contributed by atoms with Gasteiger partial charge in [0.1, 0.15) is 6.04 Å². The molecule has 0 aliphatic carbocycles. The topological polar surface area (TPSA) is 92.5 Å². The Morgan fingerprint density at radius 2 is 1.86 bits per heavy atom. The molecule has 0 saturated carbocycles. The third kappa shape index (κ3) is 2.54. The number of imidazole rings is 2. The molecule has 0 aliphatic rings. The number of benzene rings is 1. The summed E-state index contributed by atoms with van der Waals surface area (Å²) in [5, 5.41) is 0.